The van der Waals surface area contributed by atoms with Crippen molar-refractivity contribution in [1.29, 1.82) is 0 Å². The largest absolute Gasteiger partial charge is 0.444 e. The number of nitrogens with two attached hydrogens (primary N) is 1. The van der Waals surface area contributed by atoms with Crippen molar-refractivity contribution in [3.63, 3.8) is 0 Å². The number of hydrogen-bond acceptors (Lipinski definition) is 7. The molecule has 2 aromatic rings. The summed E-state index contributed by atoms with van der Waals surface area (Å²) >= 11 is 1.35. The van der Waals surface area contributed by atoms with Gasteiger partial charge in [0.25, 0.3) is 0 Å². The number of nitrogens with one attached hydrogen (secondary N) is 1. The van der Waals surface area contributed by atoms with E-state index in [1.807, 2.05) is 0 Å². The molecular formula is C15H21N3O4S. The van der Waals surface area contributed by atoms with Crippen molar-refractivity contribution in [1.82, 2.24) is 10.3 Å². The Hall–Kier alpha value is -1.90. The van der Waals surface area contributed by atoms with Gasteiger partial charge in [0.05, 0.1) is 10.2 Å². The second kappa shape index (κ2) is 6.69. The number of ether oxygens (including phenoxy) is 1. The number of benzene rings is 1. The Labute approximate surface area is 138 Å². The minimum atomic E-state index is -1.17. The van der Waals surface area contributed by atoms with Gasteiger partial charge in [0.15, 0.2) is 5.13 Å². The summed E-state index contributed by atoms with van der Waals surface area (Å²) in [4.78, 5) is 15.7. The predicted molar refractivity (Wildman–Crippen MR) is 89.2 cm³/mol. The van der Waals surface area contributed by atoms with E-state index in [0.717, 1.165) is 4.70 Å². The molecule has 0 aliphatic carbocycles. The van der Waals surface area contributed by atoms with E-state index in [-0.39, 0.29) is 6.54 Å². The molecule has 23 heavy (non-hydrogen) atoms. The zero-order valence-electron chi connectivity index (χ0n) is 13.2. The maximum Gasteiger partial charge on any atom is 0.407 e. The third-order valence-electron chi connectivity index (χ3n) is 2.99. The molecule has 0 aliphatic heterocycles. The Morgan fingerprint density at radius 1 is 1.43 bits per heavy atom. The van der Waals surface area contributed by atoms with Gasteiger partial charge in [0, 0.05) is 6.54 Å². The van der Waals surface area contributed by atoms with Crippen molar-refractivity contribution < 1.29 is 19.7 Å². The van der Waals surface area contributed by atoms with Gasteiger partial charge in [-0.1, -0.05) is 17.4 Å². The molecule has 5 N–H and O–H groups in total. The highest BCUT2D eigenvalue weighted by molar-refractivity contribution is 7.22. The normalized spacial score (nSPS) is 14.5. The van der Waals surface area contributed by atoms with Crippen LogP contribution in [0.15, 0.2) is 18.2 Å². The van der Waals surface area contributed by atoms with E-state index in [0.29, 0.717) is 16.2 Å². The standard InChI is InChI=1S/C15H21N3O4S/c1-15(2,3)22-14(21)17-7-10(19)12(20)8-4-5-11-9(6-8)18-13(16)23-11/h4-6,10,12,19-20H,7H2,1-3H3,(H2,16,18)(H,17,21). The van der Waals surface area contributed by atoms with Gasteiger partial charge >= 0.3 is 6.09 Å². The molecule has 0 radical (unpaired) electrons. The van der Waals surface area contributed by atoms with Crippen molar-refractivity contribution in [2.45, 2.75) is 38.6 Å². The minimum Gasteiger partial charge on any atom is -0.444 e. The van der Waals surface area contributed by atoms with Crippen LogP contribution in [0.4, 0.5) is 9.93 Å². The molecule has 2 atom stereocenters. The molecule has 0 saturated carbocycles. The number of rotatable bonds is 4. The van der Waals surface area contributed by atoms with Crippen LogP contribution in [0.5, 0.6) is 0 Å². The number of aliphatic hydroxyl groups excluding tert-OH is 2. The molecule has 1 heterocycles. The smallest absolute Gasteiger partial charge is 0.407 e. The Morgan fingerprint density at radius 3 is 2.78 bits per heavy atom. The van der Waals surface area contributed by atoms with Crippen molar-refractivity contribution in [3.05, 3.63) is 23.8 Å². The Kier molecular flexibility index (Phi) is 5.08. The number of aliphatic hydroxyl groups is 2. The summed E-state index contributed by atoms with van der Waals surface area (Å²) in [7, 11) is 0. The molecule has 0 fully saturated rings. The molecule has 0 bridgehead atoms. The lowest BCUT2D eigenvalue weighted by molar-refractivity contribution is 0.0130. The molecule has 0 saturated heterocycles. The van der Waals surface area contributed by atoms with Crippen LogP contribution in [-0.4, -0.2) is 39.5 Å². The monoisotopic (exact) mass is 339 g/mol. The first kappa shape index (κ1) is 17.5. The molecule has 8 heteroatoms. The van der Waals surface area contributed by atoms with Gasteiger partial charge in [-0.15, -0.1) is 0 Å². The topological polar surface area (TPSA) is 118 Å². The summed E-state index contributed by atoms with van der Waals surface area (Å²) < 4.78 is 5.97. The van der Waals surface area contributed by atoms with E-state index in [2.05, 4.69) is 10.3 Å². The van der Waals surface area contributed by atoms with E-state index in [9.17, 15) is 15.0 Å². The summed E-state index contributed by atoms with van der Waals surface area (Å²) in [5, 5.41) is 23.1. The first-order chi connectivity index (χ1) is 10.7. The fourth-order valence-corrected chi connectivity index (χ4v) is 2.70. The fraction of sp³-hybridized carbons (Fsp3) is 0.467. The molecule has 1 amide bonds. The Bertz CT molecular complexity index is 696. The lowest BCUT2D eigenvalue weighted by Gasteiger charge is -2.22. The van der Waals surface area contributed by atoms with E-state index >= 15 is 0 Å². The second-order valence-corrected chi connectivity index (χ2v) is 7.24. The van der Waals surface area contributed by atoms with E-state index in [1.54, 1.807) is 39.0 Å². The van der Waals surface area contributed by atoms with Gasteiger partial charge in [-0.3, -0.25) is 0 Å². The maximum atomic E-state index is 11.6. The van der Waals surface area contributed by atoms with E-state index in [4.69, 9.17) is 10.5 Å². The number of amides is 1. The van der Waals surface area contributed by atoms with Crippen molar-refractivity contribution >= 4 is 32.8 Å². The maximum absolute atomic E-state index is 11.6. The van der Waals surface area contributed by atoms with Crippen molar-refractivity contribution in [2.75, 3.05) is 12.3 Å². The second-order valence-electron chi connectivity index (χ2n) is 6.17. The number of carbonyl (C=O) groups excluding carboxylic acids is 1. The van der Waals surface area contributed by atoms with Crippen LogP contribution in [0.1, 0.15) is 32.4 Å². The minimum absolute atomic E-state index is 0.132. The number of alkyl carbamates (subject to hydrolysis) is 1. The summed E-state index contributed by atoms with van der Waals surface area (Å²) in [6, 6.07) is 5.15. The lowest BCUT2D eigenvalue weighted by atomic mass is 10.0. The lowest BCUT2D eigenvalue weighted by Crippen LogP contribution is -2.38. The predicted octanol–water partition coefficient (Wildman–Crippen LogP) is 1.80. The SMILES string of the molecule is CC(C)(C)OC(=O)NCC(O)C(O)c1ccc2sc(N)nc2c1. The van der Waals surface area contributed by atoms with Crippen molar-refractivity contribution in [3.8, 4) is 0 Å². The number of nitrogen functional groups attached to an aromatic ring is 1. The molecule has 2 unspecified atom stereocenters. The molecule has 0 spiro atoms. The number of hydrogen-bond donors (Lipinski definition) is 4. The van der Waals surface area contributed by atoms with Crippen LogP contribution in [0, 0.1) is 0 Å². The summed E-state index contributed by atoms with van der Waals surface area (Å²) in [5.41, 5.74) is 6.18. The van der Waals surface area contributed by atoms with Gasteiger partial charge in [-0.2, -0.15) is 0 Å². The van der Waals surface area contributed by atoms with Crippen molar-refractivity contribution in [2.24, 2.45) is 0 Å². The summed E-state index contributed by atoms with van der Waals surface area (Å²) in [6.45, 7) is 5.10. The van der Waals surface area contributed by atoms with E-state index < -0.39 is 23.9 Å². The quantitative estimate of drug-likeness (QED) is 0.674. The van der Waals surface area contributed by atoms with Crippen LogP contribution in [0.2, 0.25) is 0 Å². The van der Waals surface area contributed by atoms with E-state index in [1.165, 1.54) is 11.3 Å². The van der Waals surface area contributed by atoms with Crippen LogP contribution < -0.4 is 11.1 Å². The van der Waals surface area contributed by atoms with Gasteiger partial charge < -0.3 is 26.0 Å². The number of nitrogens with zero attached hydrogens (tertiary/aromatic N) is 1. The van der Waals surface area contributed by atoms with Gasteiger partial charge in [0.2, 0.25) is 0 Å². The van der Waals surface area contributed by atoms with Crippen LogP contribution in [0.25, 0.3) is 10.2 Å². The van der Waals surface area contributed by atoms with Gasteiger partial charge in [-0.25, -0.2) is 9.78 Å². The molecular weight excluding hydrogens is 318 g/mol. The molecule has 2 rings (SSSR count). The first-order valence-corrected chi connectivity index (χ1v) is 7.96. The summed E-state index contributed by atoms with van der Waals surface area (Å²) in [5.74, 6) is 0. The highest BCUT2D eigenvalue weighted by Gasteiger charge is 2.22. The number of anilines is 1. The zero-order chi connectivity index (χ0) is 17.2. The number of aromatic nitrogens is 1. The average Bonchev–Trinajstić information content (AvgIpc) is 2.81. The third kappa shape index (κ3) is 4.78. The van der Waals surface area contributed by atoms with Crippen LogP contribution >= 0.6 is 11.3 Å². The fourth-order valence-electron chi connectivity index (χ4n) is 1.98. The molecule has 0 aliphatic rings. The van der Waals surface area contributed by atoms with Crippen LogP contribution in [-0.2, 0) is 4.74 Å². The van der Waals surface area contributed by atoms with Crippen LogP contribution in [0.3, 0.4) is 0 Å². The Balaban J connectivity index is 1.97. The number of fused-ring (bicyclic) bond motifs is 1. The number of thiazole rings is 1. The number of carbonyl (C=O) groups is 1. The Morgan fingerprint density at radius 2 is 2.13 bits per heavy atom. The summed E-state index contributed by atoms with van der Waals surface area (Å²) in [6.07, 6.45) is -2.97. The molecule has 1 aromatic carbocycles. The third-order valence-corrected chi connectivity index (χ3v) is 3.85. The molecule has 7 nitrogen and oxygen atoms in total. The highest BCUT2D eigenvalue weighted by Crippen LogP contribution is 2.27. The molecule has 1 aromatic heterocycles. The molecule has 126 valence electrons. The average molecular weight is 339 g/mol. The highest BCUT2D eigenvalue weighted by atomic mass is 32.1. The van der Waals surface area contributed by atoms with Gasteiger partial charge in [0.1, 0.15) is 17.8 Å². The zero-order valence-corrected chi connectivity index (χ0v) is 14.1. The first-order valence-electron chi connectivity index (χ1n) is 7.14. The van der Waals surface area contributed by atoms with Gasteiger partial charge in [-0.05, 0) is 38.5 Å².